The number of rotatable bonds is 5. The highest BCUT2D eigenvalue weighted by Gasteiger charge is 2.44. The lowest BCUT2D eigenvalue weighted by Gasteiger charge is -2.45. The minimum atomic E-state index is -0.0115. The summed E-state index contributed by atoms with van der Waals surface area (Å²) in [5, 5.41) is 0. The smallest absolute Gasteiger partial charge is 0.252 e. The number of nitrogens with zero attached hydrogens (tertiary/aromatic N) is 2. The molecule has 0 spiro atoms. The van der Waals surface area contributed by atoms with Crippen molar-refractivity contribution in [2.24, 2.45) is 0 Å². The van der Waals surface area contributed by atoms with Crippen LogP contribution in [0.25, 0.3) is 5.57 Å². The fourth-order valence-corrected chi connectivity index (χ4v) is 8.03. The topological polar surface area (TPSA) is 6.48 Å². The first-order valence-corrected chi connectivity index (χ1v) is 18.7. The van der Waals surface area contributed by atoms with Crippen molar-refractivity contribution in [3.8, 4) is 0 Å². The zero-order valence-corrected chi connectivity index (χ0v) is 32.9. The monoisotopic (exact) mass is 680 g/mol. The Hall–Kier alpha value is -5.02. The van der Waals surface area contributed by atoms with Crippen molar-refractivity contribution < 1.29 is 0 Å². The molecule has 0 saturated heterocycles. The van der Waals surface area contributed by atoms with E-state index in [1.54, 1.807) is 0 Å². The third-order valence-electron chi connectivity index (χ3n) is 10.9. The van der Waals surface area contributed by atoms with Crippen LogP contribution in [0.2, 0.25) is 0 Å². The molecule has 0 bridgehead atoms. The van der Waals surface area contributed by atoms with E-state index in [0.29, 0.717) is 0 Å². The summed E-state index contributed by atoms with van der Waals surface area (Å²) in [4.78, 5) is 5.03. The fraction of sp³-hybridized carbons (Fsp3) is 0.265. The summed E-state index contributed by atoms with van der Waals surface area (Å²) in [5.41, 5.74) is 18.7. The molecule has 0 atom stereocenters. The largest absolute Gasteiger partial charge is 0.311 e. The first kappa shape index (κ1) is 35.4. The lowest BCUT2D eigenvalue weighted by atomic mass is 9.33. The molecule has 7 rings (SSSR count). The molecule has 52 heavy (non-hydrogen) atoms. The summed E-state index contributed by atoms with van der Waals surface area (Å²) in [5.74, 6) is 0. The molecule has 0 amide bonds. The van der Waals surface area contributed by atoms with Crippen LogP contribution in [-0.4, -0.2) is 6.71 Å². The van der Waals surface area contributed by atoms with Crippen LogP contribution in [-0.2, 0) is 16.2 Å². The Balaban J connectivity index is 1.61. The molecular weight excluding hydrogens is 627 g/mol. The molecule has 5 aromatic rings. The molecular formula is C49H53BN2. The molecule has 0 radical (unpaired) electrons. The van der Waals surface area contributed by atoms with Gasteiger partial charge in [0.05, 0.1) is 5.69 Å². The third-order valence-corrected chi connectivity index (χ3v) is 10.9. The molecule has 0 fully saturated rings. The number of aryl methyl sites for hydroxylation is 1. The molecule has 2 aliphatic rings. The summed E-state index contributed by atoms with van der Waals surface area (Å²) in [6.45, 7) is 31.3. The Labute approximate surface area is 313 Å². The van der Waals surface area contributed by atoms with Gasteiger partial charge in [-0.15, -0.1) is 0 Å². The van der Waals surface area contributed by atoms with Crippen molar-refractivity contribution in [3.63, 3.8) is 0 Å². The number of para-hydroxylation sites is 1. The van der Waals surface area contributed by atoms with Crippen LogP contribution in [0.3, 0.4) is 0 Å². The number of fused-ring (bicyclic) bond motifs is 4. The van der Waals surface area contributed by atoms with Crippen molar-refractivity contribution in [1.82, 2.24) is 0 Å². The average molecular weight is 681 g/mol. The standard InChI is InChI=1S/C49H53BN2/c1-13-17-33(14-2)38-18-15-16-19-41(38)52-43-27-23-36(49(10,11)12)31-40(43)50-39-30-35(48(7,8)9)22-26-42(39)51(44-28-32(3)29-45(52)46(44)50)37-24-20-34(21-25-37)47(4,5)6/h13-31H,1-2H2,3-12H3/b33-17+. The van der Waals surface area contributed by atoms with Crippen LogP contribution >= 0.6 is 0 Å². The molecule has 5 aromatic carbocycles. The van der Waals surface area contributed by atoms with Crippen molar-refractivity contribution in [1.29, 1.82) is 0 Å². The van der Waals surface area contributed by atoms with E-state index in [4.69, 9.17) is 0 Å². The Bertz CT molecular complexity index is 2250. The molecule has 0 unspecified atom stereocenters. The first-order chi connectivity index (χ1) is 24.5. The van der Waals surface area contributed by atoms with E-state index in [1.165, 1.54) is 67.1 Å². The van der Waals surface area contributed by atoms with Crippen molar-refractivity contribution in [2.45, 2.75) is 85.5 Å². The van der Waals surface area contributed by atoms with Gasteiger partial charge in [-0.2, -0.15) is 0 Å². The summed E-state index contributed by atoms with van der Waals surface area (Å²) in [6.07, 6.45) is 5.85. The minimum absolute atomic E-state index is 0.00108. The SMILES string of the molecule is C=C/C=C(\C=C)c1ccccc1N1c2ccc(C(C)(C)C)cc2B2c3cc(C(C)(C)C)ccc3N(c3ccc(C(C)(C)C)cc3)c3cc(C)cc1c32. The second kappa shape index (κ2) is 12.6. The summed E-state index contributed by atoms with van der Waals surface area (Å²) in [7, 11) is 0. The highest BCUT2D eigenvalue weighted by atomic mass is 15.2. The second-order valence-corrected chi connectivity index (χ2v) is 17.7. The van der Waals surface area contributed by atoms with Gasteiger partial charge in [-0.25, -0.2) is 0 Å². The number of hydrogen-bond donors (Lipinski definition) is 0. The van der Waals surface area contributed by atoms with Crippen LogP contribution in [0.5, 0.6) is 0 Å². The zero-order chi connectivity index (χ0) is 37.3. The maximum atomic E-state index is 4.21. The van der Waals surface area contributed by atoms with Gasteiger partial charge in [0.15, 0.2) is 0 Å². The Morgan fingerprint density at radius 2 is 1.06 bits per heavy atom. The summed E-state index contributed by atoms with van der Waals surface area (Å²) in [6, 6.07) is 37.2. The van der Waals surface area contributed by atoms with Gasteiger partial charge in [-0.3, -0.25) is 0 Å². The molecule has 0 aliphatic carbocycles. The molecule has 3 heteroatoms. The molecule has 0 aromatic heterocycles. The number of hydrogen-bond acceptors (Lipinski definition) is 2. The Morgan fingerprint density at radius 1 is 0.558 bits per heavy atom. The molecule has 2 heterocycles. The molecule has 0 saturated carbocycles. The summed E-state index contributed by atoms with van der Waals surface area (Å²) >= 11 is 0. The van der Waals surface area contributed by atoms with Gasteiger partial charge < -0.3 is 9.80 Å². The highest BCUT2D eigenvalue weighted by molar-refractivity contribution is 7.00. The second-order valence-electron chi connectivity index (χ2n) is 17.7. The Morgan fingerprint density at radius 3 is 1.58 bits per heavy atom. The van der Waals surface area contributed by atoms with E-state index in [-0.39, 0.29) is 23.0 Å². The van der Waals surface area contributed by atoms with E-state index in [9.17, 15) is 0 Å². The van der Waals surface area contributed by atoms with Crippen LogP contribution in [0, 0.1) is 6.92 Å². The number of allylic oxidation sites excluding steroid dienone is 4. The predicted octanol–water partition coefficient (Wildman–Crippen LogP) is 11.7. The maximum absolute atomic E-state index is 4.21. The van der Waals surface area contributed by atoms with Gasteiger partial charge >= 0.3 is 0 Å². The maximum Gasteiger partial charge on any atom is 0.252 e. The first-order valence-electron chi connectivity index (χ1n) is 18.7. The van der Waals surface area contributed by atoms with E-state index < -0.39 is 0 Å². The van der Waals surface area contributed by atoms with Crippen LogP contribution in [0.4, 0.5) is 34.1 Å². The number of benzene rings is 5. The Kier molecular flexibility index (Phi) is 8.57. The van der Waals surface area contributed by atoms with E-state index in [1.807, 2.05) is 12.2 Å². The van der Waals surface area contributed by atoms with E-state index in [0.717, 1.165) is 16.8 Å². The molecule has 2 nitrogen and oxygen atoms in total. The van der Waals surface area contributed by atoms with Gasteiger partial charge in [-0.1, -0.05) is 148 Å². The van der Waals surface area contributed by atoms with E-state index >= 15 is 0 Å². The lowest BCUT2D eigenvalue weighted by molar-refractivity contribution is 0.590. The van der Waals surface area contributed by atoms with Crippen LogP contribution in [0.15, 0.2) is 128 Å². The molecule has 0 N–H and O–H groups in total. The predicted molar refractivity (Wildman–Crippen MR) is 230 cm³/mol. The summed E-state index contributed by atoms with van der Waals surface area (Å²) < 4.78 is 0. The van der Waals surface area contributed by atoms with Gasteiger partial charge in [0.1, 0.15) is 0 Å². The fourth-order valence-electron chi connectivity index (χ4n) is 8.03. The van der Waals surface area contributed by atoms with Crippen LogP contribution in [0.1, 0.15) is 90.1 Å². The normalized spacial score (nSPS) is 14.1. The van der Waals surface area contributed by atoms with E-state index in [2.05, 4.69) is 195 Å². The van der Waals surface area contributed by atoms with Crippen LogP contribution < -0.4 is 26.2 Å². The lowest BCUT2D eigenvalue weighted by Crippen LogP contribution is -2.61. The number of anilines is 6. The average Bonchev–Trinajstić information content (AvgIpc) is 3.09. The third kappa shape index (κ3) is 5.95. The zero-order valence-electron chi connectivity index (χ0n) is 32.9. The molecule has 2 aliphatic heterocycles. The molecule has 262 valence electrons. The highest BCUT2D eigenvalue weighted by Crippen LogP contribution is 2.47. The minimum Gasteiger partial charge on any atom is -0.311 e. The van der Waals surface area contributed by atoms with Crippen molar-refractivity contribution in [2.75, 3.05) is 9.80 Å². The van der Waals surface area contributed by atoms with Gasteiger partial charge in [0, 0.05) is 34.0 Å². The van der Waals surface area contributed by atoms with Gasteiger partial charge in [0.25, 0.3) is 6.71 Å². The van der Waals surface area contributed by atoms with Crippen molar-refractivity contribution >= 4 is 62.8 Å². The van der Waals surface area contributed by atoms with Gasteiger partial charge in [-0.05, 0) is 110 Å². The van der Waals surface area contributed by atoms with Crippen molar-refractivity contribution in [3.05, 3.63) is 156 Å². The quantitative estimate of drug-likeness (QED) is 0.132. The van der Waals surface area contributed by atoms with Gasteiger partial charge in [0.2, 0.25) is 0 Å².